The van der Waals surface area contributed by atoms with Gasteiger partial charge in [0.25, 0.3) is 0 Å². The van der Waals surface area contributed by atoms with Crippen molar-refractivity contribution in [2.24, 2.45) is 0 Å². The average Bonchev–Trinajstić information content (AvgIpc) is 2.02. The minimum absolute atomic E-state index is 0.226. The molecule has 0 N–H and O–H groups in total. The lowest BCUT2D eigenvalue weighted by Crippen LogP contribution is -2.13. The van der Waals surface area contributed by atoms with E-state index in [9.17, 15) is 14.4 Å². The van der Waals surface area contributed by atoms with E-state index in [2.05, 4.69) is 9.47 Å². The van der Waals surface area contributed by atoms with Crippen molar-refractivity contribution in [2.45, 2.75) is 26.7 Å². The highest BCUT2D eigenvalue weighted by atomic mass is 16.7. The van der Waals surface area contributed by atoms with Crippen molar-refractivity contribution >= 4 is 17.7 Å². The van der Waals surface area contributed by atoms with Gasteiger partial charge in [-0.1, -0.05) is 6.92 Å². The summed E-state index contributed by atoms with van der Waals surface area (Å²) in [7, 11) is 0. The Kier molecular flexibility index (Phi) is 5.50. The van der Waals surface area contributed by atoms with Crippen molar-refractivity contribution in [3.8, 4) is 0 Å². The minimum atomic E-state index is -0.684. The SMILES string of the molecule is CCC(=O)OCOC(=O)CC(C)=O. The standard InChI is InChI=1S/C8H12O5/c1-3-7(10)12-5-13-8(11)4-6(2)9/h3-5H2,1-2H3. The fourth-order valence-corrected chi connectivity index (χ4v) is 0.517. The Bertz CT molecular complexity index is 209. The van der Waals surface area contributed by atoms with Gasteiger partial charge in [-0.25, -0.2) is 0 Å². The number of esters is 2. The van der Waals surface area contributed by atoms with Crippen LogP contribution in [0.5, 0.6) is 0 Å². The van der Waals surface area contributed by atoms with Gasteiger partial charge >= 0.3 is 11.9 Å². The average molecular weight is 188 g/mol. The molecule has 0 aliphatic carbocycles. The van der Waals surface area contributed by atoms with E-state index in [1.54, 1.807) is 6.92 Å². The van der Waals surface area contributed by atoms with Gasteiger partial charge in [0.05, 0.1) is 0 Å². The number of carbonyl (C=O) groups is 3. The first-order chi connectivity index (χ1) is 6.06. The quantitative estimate of drug-likeness (QED) is 0.355. The smallest absolute Gasteiger partial charge is 0.316 e. The van der Waals surface area contributed by atoms with Crippen molar-refractivity contribution in [2.75, 3.05) is 6.79 Å². The first kappa shape index (κ1) is 11.6. The molecule has 0 aliphatic rings. The number of Topliss-reactive ketones (excluding diaryl/α,β-unsaturated/α-hetero) is 1. The molecule has 0 saturated carbocycles. The third-order valence-corrected chi connectivity index (χ3v) is 1.12. The van der Waals surface area contributed by atoms with Crippen LogP contribution in [0.4, 0.5) is 0 Å². The number of ether oxygens (including phenoxy) is 2. The van der Waals surface area contributed by atoms with E-state index in [0.29, 0.717) is 0 Å². The van der Waals surface area contributed by atoms with E-state index in [4.69, 9.17) is 0 Å². The zero-order valence-corrected chi connectivity index (χ0v) is 7.66. The van der Waals surface area contributed by atoms with Gasteiger partial charge in [0.15, 0.2) is 0 Å². The predicted octanol–water partition coefficient (Wildman–Crippen LogP) is 0.419. The van der Waals surface area contributed by atoms with E-state index < -0.39 is 18.7 Å². The molecule has 0 radical (unpaired) electrons. The fraction of sp³-hybridized carbons (Fsp3) is 0.625. The summed E-state index contributed by atoms with van der Waals surface area (Å²) in [6.07, 6.45) is -0.0616. The molecule has 74 valence electrons. The molecule has 0 saturated heterocycles. The Hall–Kier alpha value is -1.39. The highest BCUT2D eigenvalue weighted by molar-refractivity contribution is 5.94. The molecule has 5 nitrogen and oxygen atoms in total. The Morgan fingerprint density at radius 1 is 1.08 bits per heavy atom. The number of ketones is 1. The maximum Gasteiger partial charge on any atom is 0.316 e. The van der Waals surface area contributed by atoms with Gasteiger partial charge in [-0.3, -0.25) is 14.4 Å². The number of rotatable bonds is 5. The first-order valence-electron chi connectivity index (χ1n) is 3.87. The molecule has 0 heterocycles. The third kappa shape index (κ3) is 6.99. The molecule has 0 aromatic rings. The van der Waals surface area contributed by atoms with Gasteiger partial charge in [-0.15, -0.1) is 0 Å². The second-order valence-electron chi connectivity index (χ2n) is 2.38. The van der Waals surface area contributed by atoms with E-state index in [1.807, 2.05) is 0 Å². The molecule has 0 aromatic carbocycles. The van der Waals surface area contributed by atoms with Crippen LogP contribution in [0.3, 0.4) is 0 Å². The summed E-state index contributed by atoms with van der Waals surface area (Å²) in [5.74, 6) is -1.42. The summed E-state index contributed by atoms with van der Waals surface area (Å²) in [6, 6.07) is 0. The van der Waals surface area contributed by atoms with Crippen LogP contribution in [0.1, 0.15) is 26.7 Å². The van der Waals surface area contributed by atoms with Crippen LogP contribution in [0.15, 0.2) is 0 Å². The third-order valence-electron chi connectivity index (χ3n) is 1.12. The largest absolute Gasteiger partial charge is 0.428 e. The van der Waals surface area contributed by atoms with Crippen LogP contribution in [0, 0.1) is 0 Å². The van der Waals surface area contributed by atoms with Crippen LogP contribution in [-0.4, -0.2) is 24.5 Å². The molecule has 0 aliphatic heterocycles. The van der Waals surface area contributed by atoms with Crippen molar-refractivity contribution in [3.05, 3.63) is 0 Å². The molecule has 0 atom stereocenters. The van der Waals surface area contributed by atoms with Crippen LogP contribution in [0.25, 0.3) is 0 Å². The highest BCUT2D eigenvalue weighted by Crippen LogP contribution is 1.90. The van der Waals surface area contributed by atoms with Crippen molar-refractivity contribution in [3.63, 3.8) is 0 Å². The molecule has 13 heavy (non-hydrogen) atoms. The molecule has 0 rings (SSSR count). The molecule has 0 bridgehead atoms. The van der Waals surface area contributed by atoms with Crippen molar-refractivity contribution < 1.29 is 23.9 Å². The Morgan fingerprint density at radius 2 is 1.62 bits per heavy atom. The summed E-state index contributed by atoms with van der Waals surface area (Å²) >= 11 is 0. The molecule has 0 fully saturated rings. The second kappa shape index (κ2) is 6.16. The number of hydrogen-bond donors (Lipinski definition) is 0. The fourth-order valence-electron chi connectivity index (χ4n) is 0.517. The second-order valence-corrected chi connectivity index (χ2v) is 2.38. The van der Waals surface area contributed by atoms with E-state index >= 15 is 0 Å². The Balaban J connectivity index is 3.48. The van der Waals surface area contributed by atoms with Crippen LogP contribution < -0.4 is 0 Å². The number of carbonyl (C=O) groups excluding carboxylic acids is 3. The van der Waals surface area contributed by atoms with Crippen LogP contribution in [-0.2, 0) is 23.9 Å². The van der Waals surface area contributed by atoms with Gasteiger partial charge in [0, 0.05) is 6.42 Å². The van der Waals surface area contributed by atoms with E-state index in [-0.39, 0.29) is 18.6 Å². The minimum Gasteiger partial charge on any atom is -0.428 e. The van der Waals surface area contributed by atoms with Gasteiger partial charge in [0.2, 0.25) is 6.79 Å². The molecule has 0 unspecified atom stereocenters. The lowest BCUT2D eigenvalue weighted by molar-refractivity contribution is -0.167. The summed E-state index contributed by atoms with van der Waals surface area (Å²) in [5.41, 5.74) is 0. The molecule has 0 aromatic heterocycles. The lowest BCUT2D eigenvalue weighted by Gasteiger charge is -2.03. The van der Waals surface area contributed by atoms with Crippen molar-refractivity contribution in [1.29, 1.82) is 0 Å². The van der Waals surface area contributed by atoms with Gasteiger partial charge < -0.3 is 9.47 Å². The molecule has 0 spiro atoms. The van der Waals surface area contributed by atoms with Gasteiger partial charge in [-0.05, 0) is 6.92 Å². The first-order valence-corrected chi connectivity index (χ1v) is 3.87. The summed E-state index contributed by atoms with van der Waals surface area (Å²) in [4.78, 5) is 31.6. The van der Waals surface area contributed by atoms with Crippen LogP contribution in [0.2, 0.25) is 0 Å². The Morgan fingerprint density at radius 3 is 2.08 bits per heavy atom. The highest BCUT2D eigenvalue weighted by Gasteiger charge is 2.06. The zero-order valence-electron chi connectivity index (χ0n) is 7.66. The summed E-state index contributed by atoms with van der Waals surface area (Å²) in [5, 5.41) is 0. The predicted molar refractivity (Wildman–Crippen MR) is 42.6 cm³/mol. The molecule has 5 heteroatoms. The molecule has 0 amide bonds. The van der Waals surface area contributed by atoms with E-state index in [1.165, 1.54) is 6.92 Å². The van der Waals surface area contributed by atoms with Crippen molar-refractivity contribution in [1.82, 2.24) is 0 Å². The maximum atomic E-state index is 10.7. The molecular formula is C8H12O5. The van der Waals surface area contributed by atoms with E-state index in [0.717, 1.165) is 0 Å². The van der Waals surface area contributed by atoms with Gasteiger partial charge in [0.1, 0.15) is 12.2 Å². The lowest BCUT2D eigenvalue weighted by atomic mass is 10.3. The number of hydrogen-bond acceptors (Lipinski definition) is 5. The van der Waals surface area contributed by atoms with Crippen LogP contribution >= 0.6 is 0 Å². The summed E-state index contributed by atoms with van der Waals surface area (Å²) in [6.45, 7) is 2.48. The Labute approximate surface area is 76.0 Å². The normalized spacial score (nSPS) is 9.08. The summed E-state index contributed by atoms with van der Waals surface area (Å²) < 4.78 is 8.87. The zero-order chi connectivity index (χ0) is 10.3. The monoisotopic (exact) mass is 188 g/mol. The van der Waals surface area contributed by atoms with Gasteiger partial charge in [-0.2, -0.15) is 0 Å². The topological polar surface area (TPSA) is 69.7 Å². The maximum absolute atomic E-state index is 10.7. The molecular weight excluding hydrogens is 176 g/mol.